The molecule has 2 rings (SSSR count). The molecule has 1 saturated heterocycles. The highest BCUT2D eigenvalue weighted by molar-refractivity contribution is 5.59. The number of β-amino-alcohol motifs (C(OH)–C–C–N with tert-alkyl or cyclic N) is 1. The third-order valence-electron chi connectivity index (χ3n) is 3.36. The van der Waals surface area contributed by atoms with Gasteiger partial charge in [0, 0.05) is 25.7 Å². The fourth-order valence-corrected chi connectivity index (χ4v) is 2.50. The number of anilines is 1. The van der Waals surface area contributed by atoms with E-state index in [1.54, 1.807) is 0 Å². The molecule has 0 bridgehead atoms. The molecule has 0 aliphatic carbocycles. The average Bonchev–Trinajstić information content (AvgIpc) is 2.49. The molecular weight excluding hydrogens is 240 g/mol. The topological polar surface area (TPSA) is 44.7 Å². The van der Waals surface area contributed by atoms with Gasteiger partial charge >= 0.3 is 0 Å². The van der Waals surface area contributed by atoms with Crippen LogP contribution >= 0.6 is 0 Å². The van der Waals surface area contributed by atoms with Gasteiger partial charge in [0.25, 0.3) is 0 Å². The van der Waals surface area contributed by atoms with E-state index in [0.29, 0.717) is 25.7 Å². The lowest BCUT2D eigenvalue weighted by molar-refractivity contribution is 0.0717. The zero-order chi connectivity index (χ0) is 13.9. The zero-order valence-corrected chi connectivity index (χ0v) is 12.0. The summed E-state index contributed by atoms with van der Waals surface area (Å²) in [6.45, 7) is 8.72. The normalized spacial score (nSPS) is 28.0. The van der Waals surface area contributed by atoms with Gasteiger partial charge in [-0.1, -0.05) is 12.1 Å². The minimum absolute atomic E-state index is 0.337. The van der Waals surface area contributed by atoms with Crippen LogP contribution in [-0.2, 0) is 0 Å². The van der Waals surface area contributed by atoms with Crippen molar-refractivity contribution in [3.63, 3.8) is 0 Å². The van der Waals surface area contributed by atoms with Crippen molar-refractivity contribution >= 4 is 5.69 Å². The SMILES string of the molecule is CCOc1ccccc1N1CC(C)NCC(C)(O)C1. The van der Waals surface area contributed by atoms with Gasteiger partial charge in [-0.05, 0) is 32.9 Å². The van der Waals surface area contributed by atoms with Gasteiger partial charge in [-0.25, -0.2) is 0 Å². The minimum Gasteiger partial charge on any atom is -0.492 e. The summed E-state index contributed by atoms with van der Waals surface area (Å²) in [5, 5.41) is 13.7. The number of para-hydroxylation sites is 2. The molecule has 0 aromatic heterocycles. The van der Waals surface area contributed by atoms with E-state index in [1.807, 2.05) is 32.0 Å². The van der Waals surface area contributed by atoms with Crippen LogP contribution in [0.15, 0.2) is 24.3 Å². The summed E-state index contributed by atoms with van der Waals surface area (Å²) in [5.41, 5.74) is 0.324. The van der Waals surface area contributed by atoms with Crippen molar-refractivity contribution in [2.75, 3.05) is 31.1 Å². The van der Waals surface area contributed by atoms with E-state index in [-0.39, 0.29) is 0 Å². The first-order valence-corrected chi connectivity index (χ1v) is 6.94. The van der Waals surface area contributed by atoms with Gasteiger partial charge < -0.3 is 20.1 Å². The van der Waals surface area contributed by atoms with Crippen LogP contribution in [0.5, 0.6) is 5.75 Å². The molecule has 0 radical (unpaired) electrons. The highest BCUT2D eigenvalue weighted by Crippen LogP contribution is 2.30. The maximum atomic E-state index is 10.4. The predicted octanol–water partition coefficient (Wildman–Crippen LogP) is 1.63. The van der Waals surface area contributed by atoms with E-state index in [4.69, 9.17) is 4.74 Å². The van der Waals surface area contributed by atoms with Gasteiger partial charge in [-0.15, -0.1) is 0 Å². The molecule has 0 spiro atoms. The molecule has 4 nitrogen and oxygen atoms in total. The summed E-state index contributed by atoms with van der Waals surface area (Å²) in [6.07, 6.45) is 0. The number of ether oxygens (including phenoxy) is 1. The molecule has 19 heavy (non-hydrogen) atoms. The first-order chi connectivity index (χ1) is 9.02. The van der Waals surface area contributed by atoms with Gasteiger partial charge in [-0.2, -0.15) is 0 Å². The van der Waals surface area contributed by atoms with Crippen LogP contribution in [0.3, 0.4) is 0 Å². The van der Waals surface area contributed by atoms with Crippen molar-refractivity contribution in [2.24, 2.45) is 0 Å². The Kier molecular flexibility index (Phi) is 4.32. The van der Waals surface area contributed by atoms with Crippen LogP contribution in [0.2, 0.25) is 0 Å². The van der Waals surface area contributed by atoms with Crippen LogP contribution in [0.25, 0.3) is 0 Å². The van der Waals surface area contributed by atoms with Crippen molar-refractivity contribution in [2.45, 2.75) is 32.4 Å². The second-order valence-electron chi connectivity index (χ2n) is 5.56. The summed E-state index contributed by atoms with van der Waals surface area (Å²) >= 11 is 0. The molecule has 1 fully saturated rings. The van der Waals surface area contributed by atoms with Crippen molar-refractivity contribution in [3.8, 4) is 5.75 Å². The van der Waals surface area contributed by atoms with Gasteiger partial charge in [0.2, 0.25) is 0 Å². The number of hydrogen-bond acceptors (Lipinski definition) is 4. The summed E-state index contributed by atoms with van der Waals surface area (Å²) in [6, 6.07) is 8.36. The second-order valence-corrected chi connectivity index (χ2v) is 5.56. The van der Waals surface area contributed by atoms with Crippen LogP contribution in [0, 0.1) is 0 Å². The lowest BCUT2D eigenvalue weighted by atomic mass is 10.1. The number of aliphatic hydroxyl groups is 1. The van der Waals surface area contributed by atoms with Gasteiger partial charge in [0.05, 0.1) is 17.9 Å². The van der Waals surface area contributed by atoms with E-state index in [1.165, 1.54) is 0 Å². The van der Waals surface area contributed by atoms with Crippen molar-refractivity contribution in [3.05, 3.63) is 24.3 Å². The number of nitrogens with one attached hydrogen (secondary N) is 1. The molecule has 0 saturated carbocycles. The Hall–Kier alpha value is -1.26. The molecule has 1 heterocycles. The molecular formula is C15H24N2O2. The van der Waals surface area contributed by atoms with E-state index in [9.17, 15) is 5.11 Å². The molecule has 1 aliphatic heterocycles. The fraction of sp³-hybridized carbons (Fsp3) is 0.600. The minimum atomic E-state index is -0.732. The van der Waals surface area contributed by atoms with Gasteiger partial charge in [-0.3, -0.25) is 0 Å². The predicted molar refractivity (Wildman–Crippen MR) is 77.9 cm³/mol. The molecule has 2 atom stereocenters. The average molecular weight is 264 g/mol. The lowest BCUT2D eigenvalue weighted by Crippen LogP contribution is -2.43. The first-order valence-electron chi connectivity index (χ1n) is 6.94. The highest BCUT2D eigenvalue weighted by atomic mass is 16.5. The first kappa shape index (κ1) is 14.2. The quantitative estimate of drug-likeness (QED) is 0.871. The molecule has 2 N–H and O–H groups in total. The summed E-state index contributed by atoms with van der Waals surface area (Å²) in [7, 11) is 0. The standard InChI is InChI=1S/C15H24N2O2/c1-4-19-14-8-6-5-7-13(14)17-9-12(2)16-10-15(3,18)11-17/h5-8,12,16,18H,4,9-11H2,1-3H3. The Morgan fingerprint density at radius 1 is 1.47 bits per heavy atom. The van der Waals surface area contributed by atoms with Gasteiger partial charge in [0.1, 0.15) is 5.75 Å². The maximum Gasteiger partial charge on any atom is 0.142 e. The molecule has 106 valence electrons. The summed E-state index contributed by atoms with van der Waals surface area (Å²) in [5.74, 6) is 0.884. The monoisotopic (exact) mass is 264 g/mol. The van der Waals surface area contributed by atoms with E-state index >= 15 is 0 Å². The summed E-state index contributed by atoms with van der Waals surface area (Å²) < 4.78 is 5.69. The number of hydrogen-bond donors (Lipinski definition) is 2. The van der Waals surface area contributed by atoms with Gasteiger partial charge in [0.15, 0.2) is 0 Å². The maximum absolute atomic E-state index is 10.4. The Morgan fingerprint density at radius 3 is 2.95 bits per heavy atom. The molecule has 1 aliphatic rings. The van der Waals surface area contributed by atoms with Crippen LogP contribution < -0.4 is 15.0 Å². The third kappa shape index (κ3) is 3.61. The molecule has 1 aromatic rings. The van der Waals surface area contributed by atoms with E-state index in [0.717, 1.165) is 18.0 Å². The third-order valence-corrected chi connectivity index (χ3v) is 3.36. The number of benzene rings is 1. The largest absolute Gasteiger partial charge is 0.492 e. The Balaban J connectivity index is 2.28. The van der Waals surface area contributed by atoms with E-state index in [2.05, 4.69) is 23.2 Å². The second kappa shape index (κ2) is 5.80. The number of nitrogens with zero attached hydrogens (tertiary/aromatic N) is 1. The van der Waals surface area contributed by atoms with Crippen LogP contribution in [0.4, 0.5) is 5.69 Å². The van der Waals surface area contributed by atoms with Crippen LogP contribution in [-0.4, -0.2) is 43.0 Å². The molecule has 4 heteroatoms. The Morgan fingerprint density at radius 2 is 2.21 bits per heavy atom. The number of rotatable bonds is 3. The Labute approximate surface area is 115 Å². The van der Waals surface area contributed by atoms with Crippen molar-refractivity contribution < 1.29 is 9.84 Å². The van der Waals surface area contributed by atoms with Crippen LogP contribution in [0.1, 0.15) is 20.8 Å². The zero-order valence-electron chi connectivity index (χ0n) is 12.0. The smallest absolute Gasteiger partial charge is 0.142 e. The fourth-order valence-electron chi connectivity index (χ4n) is 2.50. The molecule has 0 amide bonds. The van der Waals surface area contributed by atoms with Crippen molar-refractivity contribution in [1.29, 1.82) is 0 Å². The summed E-state index contributed by atoms with van der Waals surface area (Å²) in [4.78, 5) is 2.20. The molecule has 2 unspecified atom stereocenters. The van der Waals surface area contributed by atoms with Crippen molar-refractivity contribution in [1.82, 2.24) is 5.32 Å². The van der Waals surface area contributed by atoms with E-state index < -0.39 is 5.60 Å². The molecule has 1 aromatic carbocycles. The lowest BCUT2D eigenvalue weighted by Gasteiger charge is -2.31. The highest BCUT2D eigenvalue weighted by Gasteiger charge is 2.30. The Bertz CT molecular complexity index is 420.